The molecule has 1 aromatic rings. The predicted octanol–water partition coefficient (Wildman–Crippen LogP) is 0.834. The predicted molar refractivity (Wildman–Crippen MR) is 62.8 cm³/mol. The number of hydrogen-bond acceptors (Lipinski definition) is 5. The second-order valence-electron chi connectivity index (χ2n) is 3.18. The van der Waals surface area contributed by atoms with Crippen LogP contribution in [0.15, 0.2) is 29.4 Å². The zero-order chi connectivity index (χ0) is 10.7. The van der Waals surface area contributed by atoms with Crippen molar-refractivity contribution in [3.8, 4) is 0 Å². The van der Waals surface area contributed by atoms with Crippen molar-refractivity contribution >= 4 is 29.4 Å². The van der Waals surface area contributed by atoms with Gasteiger partial charge < -0.3 is 10.5 Å². The molecule has 0 fully saturated rings. The van der Waals surface area contributed by atoms with Crippen molar-refractivity contribution in [2.24, 2.45) is 5.10 Å². The van der Waals surface area contributed by atoms with E-state index in [4.69, 9.17) is 5.73 Å². The molecule has 0 saturated carbocycles. The standard InChI is InChI=1S/C10H11N3OS/c11-8-3-1-7(2-4-8)9-6-15-10(5-14)13-12-9/h1-5,10,13H,6,11H2. The topological polar surface area (TPSA) is 67.5 Å². The van der Waals surface area contributed by atoms with Gasteiger partial charge in [0.2, 0.25) is 0 Å². The largest absolute Gasteiger partial charge is 0.399 e. The van der Waals surface area contributed by atoms with E-state index in [1.807, 2.05) is 24.3 Å². The van der Waals surface area contributed by atoms with E-state index in [1.165, 1.54) is 11.8 Å². The number of nitrogen functional groups attached to an aromatic ring is 1. The molecule has 3 N–H and O–H groups in total. The molecule has 1 unspecified atom stereocenters. The number of carbonyl (C=O) groups is 1. The van der Waals surface area contributed by atoms with E-state index in [0.29, 0.717) is 0 Å². The molecule has 1 atom stereocenters. The van der Waals surface area contributed by atoms with Gasteiger partial charge in [-0.05, 0) is 17.7 Å². The van der Waals surface area contributed by atoms with Crippen LogP contribution < -0.4 is 11.2 Å². The van der Waals surface area contributed by atoms with Crippen LogP contribution in [-0.2, 0) is 4.79 Å². The van der Waals surface area contributed by atoms with E-state index in [2.05, 4.69) is 10.5 Å². The summed E-state index contributed by atoms with van der Waals surface area (Å²) in [7, 11) is 0. The Morgan fingerprint density at radius 2 is 2.20 bits per heavy atom. The molecule has 0 saturated heterocycles. The van der Waals surface area contributed by atoms with Crippen LogP contribution in [0, 0.1) is 0 Å². The Balaban J connectivity index is 2.15. The monoisotopic (exact) mass is 221 g/mol. The molecule has 1 aliphatic heterocycles. The zero-order valence-corrected chi connectivity index (χ0v) is 8.83. The molecule has 0 aromatic heterocycles. The number of hydrogen-bond donors (Lipinski definition) is 2. The number of aldehydes is 1. The maximum Gasteiger partial charge on any atom is 0.154 e. The quantitative estimate of drug-likeness (QED) is 0.573. The van der Waals surface area contributed by atoms with Crippen LogP contribution in [0.25, 0.3) is 0 Å². The highest BCUT2D eigenvalue weighted by Crippen LogP contribution is 2.16. The van der Waals surface area contributed by atoms with Crippen molar-refractivity contribution in [1.29, 1.82) is 0 Å². The lowest BCUT2D eigenvalue weighted by Gasteiger charge is -2.17. The molecule has 2 rings (SSSR count). The van der Waals surface area contributed by atoms with Gasteiger partial charge in [-0.2, -0.15) is 5.10 Å². The van der Waals surface area contributed by atoms with E-state index in [-0.39, 0.29) is 5.37 Å². The minimum atomic E-state index is -0.220. The van der Waals surface area contributed by atoms with Gasteiger partial charge in [0, 0.05) is 11.4 Å². The molecule has 1 aromatic carbocycles. The Hall–Kier alpha value is -1.49. The molecule has 1 heterocycles. The number of anilines is 1. The smallest absolute Gasteiger partial charge is 0.154 e. The highest BCUT2D eigenvalue weighted by molar-refractivity contribution is 8.01. The summed E-state index contributed by atoms with van der Waals surface area (Å²) in [4.78, 5) is 10.5. The molecular formula is C10H11N3OS. The van der Waals surface area contributed by atoms with Crippen molar-refractivity contribution < 1.29 is 4.79 Å². The highest BCUT2D eigenvalue weighted by Gasteiger charge is 2.15. The minimum Gasteiger partial charge on any atom is -0.399 e. The highest BCUT2D eigenvalue weighted by atomic mass is 32.2. The number of benzene rings is 1. The van der Waals surface area contributed by atoms with E-state index >= 15 is 0 Å². The Kier molecular flexibility index (Phi) is 2.91. The van der Waals surface area contributed by atoms with Gasteiger partial charge in [-0.3, -0.25) is 5.43 Å². The van der Waals surface area contributed by atoms with E-state index in [1.54, 1.807) is 0 Å². The fourth-order valence-electron chi connectivity index (χ4n) is 1.27. The summed E-state index contributed by atoms with van der Waals surface area (Å²) in [6, 6.07) is 7.54. The number of hydrazone groups is 1. The fourth-order valence-corrected chi connectivity index (χ4v) is 2.05. The summed E-state index contributed by atoms with van der Waals surface area (Å²) < 4.78 is 0. The molecule has 1 aliphatic rings. The molecule has 0 aliphatic carbocycles. The second-order valence-corrected chi connectivity index (χ2v) is 4.31. The van der Waals surface area contributed by atoms with Crippen molar-refractivity contribution in [3.63, 3.8) is 0 Å². The third-order valence-corrected chi connectivity index (χ3v) is 3.11. The number of thioether (sulfide) groups is 1. The van der Waals surface area contributed by atoms with E-state index in [9.17, 15) is 4.79 Å². The van der Waals surface area contributed by atoms with Gasteiger partial charge in [-0.1, -0.05) is 12.1 Å². The van der Waals surface area contributed by atoms with Crippen LogP contribution >= 0.6 is 11.8 Å². The number of carbonyl (C=O) groups excluding carboxylic acids is 1. The van der Waals surface area contributed by atoms with E-state index < -0.39 is 0 Å². The van der Waals surface area contributed by atoms with Crippen LogP contribution in [0.3, 0.4) is 0 Å². The lowest BCUT2D eigenvalue weighted by molar-refractivity contribution is -0.107. The summed E-state index contributed by atoms with van der Waals surface area (Å²) in [5.41, 5.74) is 11.1. The van der Waals surface area contributed by atoms with Crippen molar-refractivity contribution in [2.75, 3.05) is 11.5 Å². The first-order valence-electron chi connectivity index (χ1n) is 4.54. The second kappa shape index (κ2) is 4.35. The number of nitrogens with zero attached hydrogens (tertiary/aromatic N) is 1. The molecule has 0 spiro atoms. The Morgan fingerprint density at radius 3 is 2.73 bits per heavy atom. The van der Waals surface area contributed by atoms with Crippen LogP contribution in [0.5, 0.6) is 0 Å². The van der Waals surface area contributed by atoms with Gasteiger partial charge in [0.25, 0.3) is 0 Å². The Morgan fingerprint density at radius 1 is 1.47 bits per heavy atom. The lowest BCUT2D eigenvalue weighted by Crippen LogP contribution is -2.30. The lowest BCUT2D eigenvalue weighted by atomic mass is 10.1. The molecule has 15 heavy (non-hydrogen) atoms. The average Bonchev–Trinajstić information content (AvgIpc) is 2.30. The SMILES string of the molecule is Nc1ccc(C2=NNC(C=O)SC2)cc1. The number of nitrogens with one attached hydrogen (secondary N) is 1. The van der Waals surface area contributed by atoms with Crippen LogP contribution in [-0.4, -0.2) is 23.1 Å². The third kappa shape index (κ3) is 2.30. The summed E-state index contributed by atoms with van der Waals surface area (Å²) >= 11 is 1.53. The maximum absolute atomic E-state index is 10.5. The molecule has 4 nitrogen and oxygen atoms in total. The first-order chi connectivity index (χ1) is 7.29. The van der Waals surface area contributed by atoms with Crippen molar-refractivity contribution in [1.82, 2.24) is 5.43 Å². The van der Waals surface area contributed by atoms with Gasteiger partial charge in [-0.25, -0.2) is 0 Å². The summed E-state index contributed by atoms with van der Waals surface area (Å²) in [5, 5.41) is 3.94. The van der Waals surface area contributed by atoms with Crippen LogP contribution in [0.4, 0.5) is 5.69 Å². The normalized spacial score (nSPS) is 20.3. The van der Waals surface area contributed by atoms with Crippen molar-refractivity contribution in [3.05, 3.63) is 29.8 Å². The van der Waals surface area contributed by atoms with Gasteiger partial charge in [0.05, 0.1) is 5.71 Å². The average molecular weight is 221 g/mol. The first-order valence-corrected chi connectivity index (χ1v) is 5.59. The third-order valence-electron chi connectivity index (χ3n) is 2.09. The minimum absolute atomic E-state index is 0.220. The van der Waals surface area contributed by atoms with Gasteiger partial charge in [0.1, 0.15) is 5.37 Å². The number of nitrogens with two attached hydrogens (primary N) is 1. The molecule has 0 radical (unpaired) electrons. The molecule has 78 valence electrons. The van der Waals surface area contributed by atoms with E-state index in [0.717, 1.165) is 29.0 Å². The van der Waals surface area contributed by atoms with Gasteiger partial charge in [-0.15, -0.1) is 11.8 Å². The fraction of sp³-hybridized carbons (Fsp3) is 0.200. The number of rotatable bonds is 2. The Bertz CT molecular complexity index is 388. The zero-order valence-electron chi connectivity index (χ0n) is 8.01. The molecule has 5 heteroatoms. The molecule has 0 bridgehead atoms. The maximum atomic E-state index is 10.5. The van der Waals surface area contributed by atoms with Crippen molar-refractivity contribution in [2.45, 2.75) is 5.37 Å². The molecular weight excluding hydrogens is 210 g/mol. The summed E-state index contributed by atoms with van der Waals surface area (Å²) in [6.07, 6.45) is 0.855. The Labute approximate surface area is 91.9 Å². The van der Waals surface area contributed by atoms with Gasteiger partial charge >= 0.3 is 0 Å². The summed E-state index contributed by atoms with van der Waals surface area (Å²) in [6.45, 7) is 0. The van der Waals surface area contributed by atoms with Gasteiger partial charge in [0.15, 0.2) is 6.29 Å². The first kappa shape index (κ1) is 10.0. The van der Waals surface area contributed by atoms with Crippen LogP contribution in [0.2, 0.25) is 0 Å². The molecule has 0 amide bonds. The summed E-state index contributed by atoms with van der Waals surface area (Å²) in [5.74, 6) is 0.736. The van der Waals surface area contributed by atoms with Crippen LogP contribution in [0.1, 0.15) is 5.56 Å².